The Balaban J connectivity index is 0.000000283. The number of carbonyl (C=O) groups is 2. The molecule has 0 saturated carbocycles. The maximum atomic E-state index is 11.9. The minimum atomic E-state index is -0.489. The lowest BCUT2D eigenvalue weighted by Gasteiger charge is -2.11. The lowest BCUT2D eigenvalue weighted by molar-refractivity contribution is 0.0517. The summed E-state index contributed by atoms with van der Waals surface area (Å²) in [6, 6.07) is 10.6. The molecule has 0 amide bonds. The lowest BCUT2D eigenvalue weighted by Crippen LogP contribution is -2.10. The van der Waals surface area contributed by atoms with Crippen LogP contribution in [0, 0.1) is 0 Å². The van der Waals surface area contributed by atoms with Crippen molar-refractivity contribution in [3.8, 4) is 5.75 Å². The van der Waals surface area contributed by atoms with Crippen LogP contribution in [-0.4, -0.2) is 42.2 Å². The van der Waals surface area contributed by atoms with Gasteiger partial charge in [0, 0.05) is 18.9 Å². The third-order valence-corrected chi connectivity index (χ3v) is 5.05. The number of benzene rings is 1. The van der Waals surface area contributed by atoms with E-state index >= 15 is 0 Å². The number of hydrogen-bond acceptors (Lipinski definition) is 8. The Labute approximate surface area is 218 Å². The van der Waals surface area contributed by atoms with Gasteiger partial charge >= 0.3 is 11.9 Å². The summed E-state index contributed by atoms with van der Waals surface area (Å²) in [6.45, 7) is 4.62. The molecular weight excluding hydrogens is 517 g/mol. The van der Waals surface area contributed by atoms with E-state index < -0.39 is 11.9 Å². The summed E-state index contributed by atoms with van der Waals surface area (Å²) >= 11 is 17.2. The Bertz CT molecular complexity index is 1140. The van der Waals surface area contributed by atoms with Gasteiger partial charge in [0.2, 0.25) is 0 Å². The fourth-order valence-corrected chi connectivity index (χ4v) is 3.26. The number of methoxy groups -OCH3 is 1. The van der Waals surface area contributed by atoms with Crippen molar-refractivity contribution in [2.24, 2.45) is 0 Å². The predicted molar refractivity (Wildman–Crippen MR) is 136 cm³/mol. The molecule has 3 aromatic rings. The quantitative estimate of drug-likeness (QED) is 0.270. The molecule has 0 unspecified atom stereocenters. The van der Waals surface area contributed by atoms with Gasteiger partial charge in [-0.25, -0.2) is 19.6 Å². The van der Waals surface area contributed by atoms with Crippen molar-refractivity contribution in [2.75, 3.05) is 25.6 Å². The van der Waals surface area contributed by atoms with Gasteiger partial charge in [-0.3, -0.25) is 0 Å². The first-order chi connectivity index (χ1) is 16.8. The van der Waals surface area contributed by atoms with Crippen molar-refractivity contribution in [3.05, 3.63) is 80.8 Å². The molecule has 11 heteroatoms. The molecule has 0 radical (unpaired) electrons. The monoisotopic (exact) mass is 539 g/mol. The number of hydrogen-bond donors (Lipinski definition) is 1. The molecule has 0 fully saturated rings. The van der Waals surface area contributed by atoms with Crippen molar-refractivity contribution in [1.29, 1.82) is 0 Å². The number of rotatable bonds is 8. The SMILES string of the molecule is CCOC(=O)c1cnc(Cl)cc1Cl.CCOC(=O)c1cnc(Cl)cc1NCc1ccc(OC)cc1. The summed E-state index contributed by atoms with van der Waals surface area (Å²) in [5.41, 5.74) is 2.23. The van der Waals surface area contributed by atoms with Crippen LogP contribution in [-0.2, 0) is 16.0 Å². The third kappa shape index (κ3) is 8.90. The van der Waals surface area contributed by atoms with Crippen LogP contribution in [0.25, 0.3) is 0 Å². The maximum absolute atomic E-state index is 11.9. The number of aromatic nitrogens is 2. The lowest BCUT2D eigenvalue weighted by atomic mass is 10.2. The molecule has 0 aliphatic heterocycles. The second-order valence-electron chi connectivity index (χ2n) is 6.68. The highest BCUT2D eigenvalue weighted by molar-refractivity contribution is 6.36. The zero-order valence-corrected chi connectivity index (χ0v) is 21.6. The van der Waals surface area contributed by atoms with E-state index in [4.69, 9.17) is 49.0 Å². The molecular formula is C24H24Cl3N3O5. The maximum Gasteiger partial charge on any atom is 0.341 e. The van der Waals surface area contributed by atoms with Gasteiger partial charge in [-0.15, -0.1) is 0 Å². The van der Waals surface area contributed by atoms with E-state index in [-0.39, 0.29) is 15.7 Å². The molecule has 0 bridgehead atoms. The van der Waals surface area contributed by atoms with Gasteiger partial charge in [-0.2, -0.15) is 0 Å². The van der Waals surface area contributed by atoms with E-state index in [1.54, 1.807) is 27.0 Å². The normalized spacial score (nSPS) is 10.0. The second-order valence-corrected chi connectivity index (χ2v) is 7.86. The van der Waals surface area contributed by atoms with Crippen LogP contribution in [0.1, 0.15) is 40.1 Å². The van der Waals surface area contributed by atoms with Gasteiger partial charge in [0.1, 0.15) is 21.6 Å². The second kappa shape index (κ2) is 14.4. The highest BCUT2D eigenvalue weighted by atomic mass is 35.5. The van der Waals surface area contributed by atoms with Crippen LogP contribution in [0.5, 0.6) is 5.75 Å². The van der Waals surface area contributed by atoms with Gasteiger partial charge < -0.3 is 19.5 Å². The van der Waals surface area contributed by atoms with E-state index in [9.17, 15) is 9.59 Å². The molecule has 0 spiro atoms. The predicted octanol–water partition coefficient (Wildman–Crippen LogP) is 6.10. The summed E-state index contributed by atoms with van der Waals surface area (Å²) in [5.74, 6) is -0.122. The van der Waals surface area contributed by atoms with Crippen molar-refractivity contribution in [1.82, 2.24) is 9.97 Å². The number of nitrogens with zero attached hydrogens (tertiary/aromatic N) is 2. The first-order valence-electron chi connectivity index (χ1n) is 10.5. The molecule has 1 aromatic carbocycles. The van der Waals surface area contributed by atoms with Crippen LogP contribution in [0.15, 0.2) is 48.8 Å². The van der Waals surface area contributed by atoms with Gasteiger partial charge in [0.25, 0.3) is 0 Å². The summed E-state index contributed by atoms with van der Waals surface area (Å²) in [7, 11) is 1.62. The Morgan fingerprint density at radius 3 is 1.94 bits per heavy atom. The Morgan fingerprint density at radius 2 is 1.40 bits per heavy atom. The van der Waals surface area contributed by atoms with Crippen LogP contribution in [0.2, 0.25) is 15.3 Å². The topological polar surface area (TPSA) is 99.6 Å². The van der Waals surface area contributed by atoms with Crippen LogP contribution in [0.4, 0.5) is 5.69 Å². The molecule has 0 aliphatic rings. The smallest absolute Gasteiger partial charge is 0.341 e. The van der Waals surface area contributed by atoms with E-state index in [0.29, 0.717) is 36.2 Å². The first-order valence-corrected chi connectivity index (χ1v) is 11.6. The summed E-state index contributed by atoms with van der Waals surface area (Å²) in [4.78, 5) is 30.7. The van der Waals surface area contributed by atoms with Gasteiger partial charge in [-0.05, 0) is 43.7 Å². The fourth-order valence-electron chi connectivity index (χ4n) is 2.65. The van der Waals surface area contributed by atoms with Crippen LogP contribution < -0.4 is 10.1 Å². The molecule has 0 atom stereocenters. The average molecular weight is 541 g/mol. The summed E-state index contributed by atoms with van der Waals surface area (Å²) in [5, 5.41) is 3.99. The van der Waals surface area contributed by atoms with Gasteiger partial charge in [0.05, 0.1) is 36.6 Å². The average Bonchev–Trinajstić information content (AvgIpc) is 2.83. The number of ether oxygens (including phenoxy) is 3. The largest absolute Gasteiger partial charge is 0.497 e. The molecule has 3 rings (SSSR count). The van der Waals surface area contributed by atoms with Crippen LogP contribution >= 0.6 is 34.8 Å². The Kier molecular flexibility index (Phi) is 11.6. The molecule has 2 heterocycles. The number of anilines is 1. The number of carbonyl (C=O) groups excluding carboxylic acids is 2. The highest BCUT2D eigenvalue weighted by Gasteiger charge is 2.14. The molecule has 0 saturated heterocycles. The summed E-state index contributed by atoms with van der Waals surface area (Å²) in [6.07, 6.45) is 2.71. The molecule has 8 nitrogen and oxygen atoms in total. The zero-order chi connectivity index (χ0) is 25.8. The fraction of sp³-hybridized carbons (Fsp3) is 0.250. The molecule has 186 valence electrons. The Morgan fingerprint density at radius 1 is 0.857 bits per heavy atom. The van der Waals surface area contributed by atoms with Gasteiger partial charge in [0.15, 0.2) is 0 Å². The van der Waals surface area contributed by atoms with Crippen molar-refractivity contribution in [2.45, 2.75) is 20.4 Å². The number of pyridine rings is 2. The number of esters is 2. The van der Waals surface area contributed by atoms with E-state index in [0.717, 1.165) is 11.3 Å². The van der Waals surface area contributed by atoms with Crippen molar-refractivity contribution < 1.29 is 23.8 Å². The number of nitrogens with one attached hydrogen (secondary N) is 1. The minimum Gasteiger partial charge on any atom is -0.497 e. The van der Waals surface area contributed by atoms with Crippen molar-refractivity contribution >= 4 is 52.4 Å². The van der Waals surface area contributed by atoms with Gasteiger partial charge in [-0.1, -0.05) is 46.9 Å². The van der Waals surface area contributed by atoms with Crippen molar-refractivity contribution in [3.63, 3.8) is 0 Å². The molecule has 35 heavy (non-hydrogen) atoms. The molecule has 0 aliphatic carbocycles. The van der Waals surface area contributed by atoms with E-state index in [2.05, 4.69) is 15.3 Å². The molecule has 1 N–H and O–H groups in total. The standard InChI is InChI=1S/C16H17ClN2O3.C8H7Cl2NO2/c1-3-22-16(20)13-10-19-15(17)8-14(13)18-9-11-4-6-12(21-2)7-5-11;1-2-13-8(12)5-4-11-7(10)3-6(5)9/h4-8,10H,3,9H2,1-2H3,(H,18,19);3-4H,2H2,1H3. The van der Waals surface area contributed by atoms with E-state index in [1.807, 2.05) is 24.3 Å². The highest BCUT2D eigenvalue weighted by Crippen LogP contribution is 2.21. The number of halogens is 3. The third-order valence-electron chi connectivity index (χ3n) is 4.32. The summed E-state index contributed by atoms with van der Waals surface area (Å²) < 4.78 is 14.9. The first kappa shape index (κ1) is 28.2. The molecule has 2 aromatic heterocycles. The minimum absolute atomic E-state index is 0.230. The van der Waals surface area contributed by atoms with Crippen LogP contribution in [0.3, 0.4) is 0 Å². The Hall–Kier alpha value is -3.07. The van der Waals surface area contributed by atoms with E-state index in [1.165, 1.54) is 18.5 Å². The zero-order valence-electron chi connectivity index (χ0n) is 19.3.